The summed E-state index contributed by atoms with van der Waals surface area (Å²) in [4.78, 5) is 11.5. The molecule has 1 unspecified atom stereocenters. The fourth-order valence-electron chi connectivity index (χ4n) is 2.52. The Kier molecular flexibility index (Phi) is 3.25. The van der Waals surface area contributed by atoms with Crippen molar-refractivity contribution in [1.29, 1.82) is 0 Å². The zero-order valence-electron chi connectivity index (χ0n) is 9.96. The maximum Gasteiger partial charge on any atom is 0.159 e. The van der Waals surface area contributed by atoms with Gasteiger partial charge in [-0.1, -0.05) is 17.7 Å². The van der Waals surface area contributed by atoms with Crippen LogP contribution in [0.3, 0.4) is 0 Å². The minimum absolute atomic E-state index is 0.000556. The summed E-state index contributed by atoms with van der Waals surface area (Å²) < 4.78 is 0. The van der Waals surface area contributed by atoms with E-state index in [1.54, 1.807) is 0 Å². The highest BCUT2D eigenvalue weighted by Gasteiger charge is 2.25. The van der Waals surface area contributed by atoms with E-state index in [0.29, 0.717) is 17.9 Å². The third-order valence-corrected chi connectivity index (χ3v) is 3.43. The van der Waals surface area contributed by atoms with Crippen molar-refractivity contribution in [2.75, 3.05) is 0 Å². The molecule has 1 N–H and O–H groups in total. The van der Waals surface area contributed by atoms with Crippen LogP contribution in [0.1, 0.15) is 35.4 Å². The summed E-state index contributed by atoms with van der Waals surface area (Å²) in [5.41, 5.74) is 3.19. The van der Waals surface area contributed by atoms with Gasteiger partial charge < -0.3 is 5.11 Å². The van der Waals surface area contributed by atoms with E-state index in [4.69, 9.17) is 11.6 Å². The molecule has 1 atom stereocenters. The predicted octanol–water partition coefficient (Wildman–Crippen LogP) is 3.85. The van der Waals surface area contributed by atoms with Crippen molar-refractivity contribution in [3.05, 3.63) is 45.7 Å². The van der Waals surface area contributed by atoms with Crippen LogP contribution in [0, 0.1) is 13.8 Å². The number of aliphatic hydroxyl groups excluding tert-OH is 1. The second kappa shape index (κ2) is 4.53. The maximum absolute atomic E-state index is 11.5. The molecule has 0 amide bonds. The third-order valence-electron chi connectivity index (χ3n) is 3.12. The van der Waals surface area contributed by atoms with Crippen molar-refractivity contribution in [3.63, 3.8) is 0 Å². The number of aryl methyl sites for hydroxylation is 2. The average Bonchev–Trinajstić information content (AvgIpc) is 2.13. The standard InChI is InChI=1S/C14H15ClO2/c1-8-3-9(2)14(13(15)4-8)10-5-11(16)7-12(17)6-10/h3-4,7,10,16H,5-6H2,1-2H3. The SMILES string of the molecule is Cc1cc(C)c(C2CC(=O)C=C(O)C2)c(Cl)c1. The van der Waals surface area contributed by atoms with Crippen LogP contribution in [-0.4, -0.2) is 10.9 Å². The van der Waals surface area contributed by atoms with Crippen LogP contribution in [0.2, 0.25) is 5.02 Å². The monoisotopic (exact) mass is 250 g/mol. The lowest BCUT2D eigenvalue weighted by Crippen LogP contribution is -2.14. The van der Waals surface area contributed by atoms with E-state index in [2.05, 4.69) is 6.07 Å². The first-order valence-electron chi connectivity index (χ1n) is 5.66. The fraction of sp³-hybridized carbons (Fsp3) is 0.357. The van der Waals surface area contributed by atoms with Crippen molar-refractivity contribution in [2.24, 2.45) is 0 Å². The molecule has 2 nitrogen and oxygen atoms in total. The van der Waals surface area contributed by atoms with Gasteiger partial charge in [0.25, 0.3) is 0 Å². The first-order chi connectivity index (χ1) is 7.97. The molecule has 0 saturated carbocycles. The summed E-state index contributed by atoms with van der Waals surface area (Å²) >= 11 is 6.25. The van der Waals surface area contributed by atoms with Crippen molar-refractivity contribution in [3.8, 4) is 0 Å². The number of hydrogen-bond acceptors (Lipinski definition) is 2. The molecule has 0 aliphatic heterocycles. The summed E-state index contributed by atoms with van der Waals surface area (Å²) in [5.74, 6) is 0.123. The Labute approximate surface area is 106 Å². The molecule has 2 rings (SSSR count). The first kappa shape index (κ1) is 12.2. The Morgan fingerprint density at radius 3 is 2.59 bits per heavy atom. The van der Waals surface area contributed by atoms with Gasteiger partial charge in [0, 0.05) is 23.9 Å². The minimum Gasteiger partial charge on any atom is -0.512 e. The van der Waals surface area contributed by atoms with Crippen molar-refractivity contribution in [1.82, 2.24) is 0 Å². The molecule has 0 heterocycles. The molecule has 0 aromatic heterocycles. The lowest BCUT2D eigenvalue weighted by Gasteiger charge is -2.22. The minimum atomic E-state index is -0.0326. The van der Waals surface area contributed by atoms with Gasteiger partial charge in [0.05, 0.1) is 5.76 Å². The number of carbonyl (C=O) groups excluding carboxylic acids is 1. The van der Waals surface area contributed by atoms with Gasteiger partial charge in [-0.15, -0.1) is 0 Å². The molecule has 1 aliphatic carbocycles. The molecule has 0 saturated heterocycles. The van der Waals surface area contributed by atoms with Crippen LogP contribution < -0.4 is 0 Å². The molecule has 0 fully saturated rings. The number of rotatable bonds is 1. The molecular weight excluding hydrogens is 236 g/mol. The summed E-state index contributed by atoms with van der Waals surface area (Å²) in [6.45, 7) is 3.99. The van der Waals surface area contributed by atoms with E-state index in [-0.39, 0.29) is 17.5 Å². The topological polar surface area (TPSA) is 37.3 Å². The fourth-order valence-corrected chi connectivity index (χ4v) is 2.99. The normalized spacial score (nSPS) is 20.3. The van der Waals surface area contributed by atoms with E-state index < -0.39 is 0 Å². The van der Waals surface area contributed by atoms with E-state index in [1.165, 1.54) is 6.08 Å². The lowest BCUT2D eigenvalue weighted by atomic mass is 9.83. The molecule has 1 aromatic rings. The lowest BCUT2D eigenvalue weighted by molar-refractivity contribution is -0.115. The number of carbonyl (C=O) groups is 1. The predicted molar refractivity (Wildman–Crippen MR) is 68.6 cm³/mol. The van der Waals surface area contributed by atoms with Gasteiger partial charge in [-0.2, -0.15) is 0 Å². The molecule has 0 bridgehead atoms. The molecule has 1 aliphatic rings. The zero-order valence-corrected chi connectivity index (χ0v) is 10.7. The second-order valence-electron chi connectivity index (χ2n) is 4.68. The van der Waals surface area contributed by atoms with Gasteiger partial charge in [0.1, 0.15) is 0 Å². The third kappa shape index (κ3) is 2.52. The van der Waals surface area contributed by atoms with Crippen LogP contribution in [0.25, 0.3) is 0 Å². The number of benzene rings is 1. The molecule has 17 heavy (non-hydrogen) atoms. The van der Waals surface area contributed by atoms with Gasteiger partial charge in [-0.05, 0) is 42.5 Å². The molecule has 3 heteroatoms. The highest BCUT2D eigenvalue weighted by Crippen LogP contribution is 2.37. The highest BCUT2D eigenvalue weighted by molar-refractivity contribution is 6.31. The Morgan fingerprint density at radius 2 is 2.00 bits per heavy atom. The molecular formula is C14H15ClO2. The van der Waals surface area contributed by atoms with Gasteiger partial charge in [-0.25, -0.2) is 0 Å². The quantitative estimate of drug-likeness (QED) is 0.822. The Bertz CT molecular complexity index is 480. The summed E-state index contributed by atoms with van der Waals surface area (Å²) in [6.07, 6.45) is 2.23. The van der Waals surface area contributed by atoms with Crippen LogP contribution in [0.5, 0.6) is 0 Å². The first-order valence-corrected chi connectivity index (χ1v) is 6.04. The number of hydrogen-bond donors (Lipinski definition) is 1. The number of ketones is 1. The van der Waals surface area contributed by atoms with Gasteiger partial charge >= 0.3 is 0 Å². The zero-order chi connectivity index (χ0) is 12.6. The summed E-state index contributed by atoms with van der Waals surface area (Å²) in [5, 5.41) is 10.2. The van der Waals surface area contributed by atoms with E-state index in [9.17, 15) is 9.90 Å². The maximum atomic E-state index is 11.5. The number of allylic oxidation sites excluding steroid dienone is 2. The smallest absolute Gasteiger partial charge is 0.159 e. The molecule has 1 aromatic carbocycles. The van der Waals surface area contributed by atoms with Crippen molar-refractivity contribution >= 4 is 17.4 Å². The van der Waals surface area contributed by atoms with Crippen molar-refractivity contribution in [2.45, 2.75) is 32.6 Å². The van der Waals surface area contributed by atoms with Crippen LogP contribution in [0.15, 0.2) is 24.0 Å². The van der Waals surface area contributed by atoms with E-state index in [1.807, 2.05) is 19.9 Å². The summed E-state index contributed by atoms with van der Waals surface area (Å²) in [7, 11) is 0. The largest absolute Gasteiger partial charge is 0.512 e. The Hall–Kier alpha value is -1.28. The van der Waals surface area contributed by atoms with Gasteiger partial charge in [-0.3, -0.25) is 4.79 Å². The molecule has 90 valence electrons. The van der Waals surface area contributed by atoms with Crippen LogP contribution in [0.4, 0.5) is 0 Å². The Balaban J connectivity index is 2.42. The highest BCUT2D eigenvalue weighted by atomic mass is 35.5. The molecule has 0 radical (unpaired) electrons. The number of aliphatic hydroxyl groups is 1. The Morgan fingerprint density at radius 1 is 1.29 bits per heavy atom. The van der Waals surface area contributed by atoms with E-state index >= 15 is 0 Å². The van der Waals surface area contributed by atoms with E-state index in [0.717, 1.165) is 16.7 Å². The van der Waals surface area contributed by atoms with Crippen LogP contribution in [-0.2, 0) is 4.79 Å². The number of halogens is 1. The molecule has 0 spiro atoms. The summed E-state index contributed by atoms with van der Waals surface area (Å²) in [6, 6.07) is 3.96. The van der Waals surface area contributed by atoms with Gasteiger partial charge in [0.15, 0.2) is 5.78 Å². The second-order valence-corrected chi connectivity index (χ2v) is 5.09. The average molecular weight is 251 g/mol. The van der Waals surface area contributed by atoms with Crippen LogP contribution >= 0.6 is 11.6 Å². The van der Waals surface area contributed by atoms with Crippen molar-refractivity contribution < 1.29 is 9.90 Å². The van der Waals surface area contributed by atoms with Gasteiger partial charge in [0.2, 0.25) is 0 Å².